The molecule has 5 aromatic rings. The van der Waals surface area contributed by atoms with Gasteiger partial charge in [0.2, 0.25) is 11.8 Å². The van der Waals surface area contributed by atoms with Gasteiger partial charge in [-0.1, -0.05) is 31.0 Å². The highest BCUT2D eigenvalue weighted by Gasteiger charge is 2.38. The third-order valence-electron chi connectivity index (χ3n) is 8.62. The SMILES string of the molecule is COc1cccc(-n2cc3c(n2)-c2ccnc(c2)[C@@H](n2cnc(-c4cc(Cl)ccc4N4C=C(C(F)(F)F)NN4)cc2=O)CCC[C@@H](C)C(=O)N3)n1. The van der Waals surface area contributed by atoms with E-state index in [0.29, 0.717) is 64.2 Å². The summed E-state index contributed by atoms with van der Waals surface area (Å²) in [6.45, 7) is 1.84. The van der Waals surface area contributed by atoms with Crippen LogP contribution in [0.3, 0.4) is 0 Å². The fourth-order valence-electron chi connectivity index (χ4n) is 5.96. The van der Waals surface area contributed by atoms with Gasteiger partial charge in [0.05, 0.1) is 54.6 Å². The predicted octanol–water partition coefficient (Wildman–Crippen LogP) is 5.80. The van der Waals surface area contributed by atoms with Gasteiger partial charge in [0.1, 0.15) is 5.69 Å². The van der Waals surface area contributed by atoms with E-state index in [9.17, 15) is 22.8 Å². The zero-order valence-electron chi connectivity index (χ0n) is 27.1. The molecule has 2 aliphatic rings. The molecule has 0 saturated heterocycles. The van der Waals surface area contributed by atoms with Gasteiger partial charge in [0, 0.05) is 40.4 Å². The van der Waals surface area contributed by atoms with Crippen LogP contribution in [0.1, 0.15) is 37.9 Å². The molecule has 0 radical (unpaired) electrons. The number of pyridine rings is 2. The molecule has 2 bridgehead atoms. The number of methoxy groups -OCH3 is 1. The molecule has 1 aromatic carbocycles. The number of ether oxygens (including phenoxy) is 1. The van der Waals surface area contributed by atoms with Crippen molar-refractivity contribution in [2.24, 2.45) is 5.92 Å². The van der Waals surface area contributed by atoms with Crippen LogP contribution in [0.15, 0.2) is 90.0 Å². The second kappa shape index (κ2) is 13.5. The van der Waals surface area contributed by atoms with Crippen LogP contribution in [0.4, 0.5) is 24.5 Å². The van der Waals surface area contributed by atoms with Crippen molar-refractivity contribution in [1.29, 1.82) is 0 Å². The largest absolute Gasteiger partial charge is 0.481 e. The van der Waals surface area contributed by atoms with Crippen molar-refractivity contribution in [3.05, 3.63) is 106 Å². The number of nitrogens with one attached hydrogen (secondary N) is 3. The third kappa shape index (κ3) is 6.87. The number of aromatic nitrogens is 6. The maximum atomic E-state index is 13.9. The highest BCUT2D eigenvalue weighted by Crippen LogP contribution is 2.36. The normalized spacial score (nSPS) is 17.8. The van der Waals surface area contributed by atoms with Crippen LogP contribution in [0.2, 0.25) is 5.02 Å². The second-order valence-electron chi connectivity index (χ2n) is 12.0. The number of rotatable bonds is 5. The second-order valence-corrected chi connectivity index (χ2v) is 12.4. The van der Waals surface area contributed by atoms with Crippen LogP contribution in [0.25, 0.3) is 28.3 Å². The van der Waals surface area contributed by atoms with Crippen molar-refractivity contribution in [2.75, 3.05) is 17.4 Å². The van der Waals surface area contributed by atoms with Crippen molar-refractivity contribution < 1.29 is 22.7 Å². The maximum Gasteiger partial charge on any atom is 0.433 e. The Labute approximate surface area is 293 Å². The summed E-state index contributed by atoms with van der Waals surface area (Å²) in [4.78, 5) is 40.9. The first kappa shape index (κ1) is 33.7. The standard InChI is InChI=1S/C34H30ClF3N10O3/c1-19-5-3-6-27(24-13-20(11-12-39-24)32-25(41-33(19)50)16-48(44-32)29-7-4-8-30(42-29)51-2)46-18-40-23(15-31(46)49)22-14-21(35)9-10-26(22)47-17-28(43-45-47)34(36,37)38/h4,7-19,27,43,45H,3,5-6H2,1-2H3,(H,41,50)/t19-,27+/m1/s1. The molecule has 13 nitrogen and oxygen atoms in total. The average molecular weight is 719 g/mol. The van der Waals surface area contributed by atoms with Crippen molar-refractivity contribution in [3.63, 3.8) is 0 Å². The summed E-state index contributed by atoms with van der Waals surface area (Å²) in [6.07, 6.45) is 2.52. The summed E-state index contributed by atoms with van der Waals surface area (Å²) in [7, 11) is 1.52. The lowest BCUT2D eigenvalue weighted by molar-refractivity contribution is -0.119. The Morgan fingerprint density at radius 1 is 1.04 bits per heavy atom. The molecule has 4 aromatic heterocycles. The number of alkyl halides is 3. The summed E-state index contributed by atoms with van der Waals surface area (Å²) >= 11 is 6.29. The Kier molecular flexibility index (Phi) is 8.95. The van der Waals surface area contributed by atoms with E-state index >= 15 is 0 Å². The number of carbonyl (C=O) groups excluding carboxylic acids is 1. The Morgan fingerprint density at radius 2 is 1.88 bits per heavy atom. The number of hydrazine groups is 2. The van der Waals surface area contributed by atoms with Crippen LogP contribution < -0.4 is 31.6 Å². The molecule has 51 heavy (non-hydrogen) atoms. The molecule has 0 spiro atoms. The zero-order chi connectivity index (χ0) is 35.9. The Hall–Kier alpha value is -5.74. The van der Waals surface area contributed by atoms with Gasteiger partial charge < -0.3 is 10.1 Å². The van der Waals surface area contributed by atoms with E-state index in [2.05, 4.69) is 31.2 Å². The Balaban J connectivity index is 1.28. The van der Waals surface area contributed by atoms with E-state index in [0.717, 1.165) is 11.2 Å². The van der Waals surface area contributed by atoms with E-state index in [1.807, 2.05) is 13.0 Å². The van der Waals surface area contributed by atoms with Gasteiger partial charge in [-0.25, -0.2) is 9.67 Å². The van der Waals surface area contributed by atoms with Crippen LogP contribution >= 0.6 is 11.6 Å². The van der Waals surface area contributed by atoms with Crippen LogP contribution in [-0.4, -0.2) is 48.5 Å². The fourth-order valence-corrected chi connectivity index (χ4v) is 6.13. The van der Waals surface area contributed by atoms with E-state index < -0.39 is 23.5 Å². The molecule has 17 heteroatoms. The predicted molar refractivity (Wildman–Crippen MR) is 183 cm³/mol. The number of nitrogens with zero attached hydrogens (tertiary/aromatic N) is 7. The lowest BCUT2D eigenvalue weighted by atomic mass is 9.97. The number of anilines is 2. The van der Waals surface area contributed by atoms with Gasteiger partial charge in [-0.3, -0.25) is 29.6 Å². The minimum atomic E-state index is -4.61. The van der Waals surface area contributed by atoms with Crippen molar-refractivity contribution in [1.82, 2.24) is 40.3 Å². The molecule has 3 N–H and O–H groups in total. The van der Waals surface area contributed by atoms with Crippen molar-refractivity contribution >= 4 is 28.9 Å². The molecular weight excluding hydrogens is 689 g/mol. The van der Waals surface area contributed by atoms with Gasteiger partial charge in [0.15, 0.2) is 11.5 Å². The zero-order valence-corrected chi connectivity index (χ0v) is 27.9. The summed E-state index contributed by atoms with van der Waals surface area (Å²) in [5, 5.41) is 9.23. The van der Waals surface area contributed by atoms with Crippen molar-refractivity contribution in [2.45, 2.75) is 38.4 Å². The van der Waals surface area contributed by atoms with E-state index in [1.54, 1.807) is 41.3 Å². The molecule has 2 atom stereocenters. The third-order valence-corrected chi connectivity index (χ3v) is 8.86. The van der Waals surface area contributed by atoms with Gasteiger partial charge in [-0.2, -0.15) is 23.3 Å². The maximum absolute atomic E-state index is 13.9. The summed E-state index contributed by atoms with van der Waals surface area (Å²) in [6, 6.07) is 14.2. The average Bonchev–Trinajstić information content (AvgIpc) is 3.79. The molecule has 0 fully saturated rings. The minimum Gasteiger partial charge on any atom is -0.481 e. The monoisotopic (exact) mass is 718 g/mol. The summed E-state index contributed by atoms with van der Waals surface area (Å²) in [5.41, 5.74) is 6.14. The minimum absolute atomic E-state index is 0.179. The van der Waals surface area contributed by atoms with Gasteiger partial charge in [-0.05, 0) is 49.2 Å². The van der Waals surface area contributed by atoms with Crippen LogP contribution in [-0.2, 0) is 4.79 Å². The Bertz CT molecular complexity index is 2220. The molecule has 1 amide bonds. The molecule has 2 aliphatic heterocycles. The number of benzene rings is 1. The first-order chi connectivity index (χ1) is 24.5. The number of hydrogen-bond donors (Lipinski definition) is 3. The molecule has 0 aliphatic carbocycles. The van der Waals surface area contributed by atoms with Crippen LogP contribution in [0, 0.1) is 5.92 Å². The first-order valence-corrected chi connectivity index (χ1v) is 16.2. The highest BCUT2D eigenvalue weighted by molar-refractivity contribution is 6.31. The Morgan fingerprint density at radius 3 is 2.65 bits per heavy atom. The quantitative estimate of drug-likeness (QED) is 0.204. The number of carbonyl (C=O) groups is 1. The molecule has 0 unspecified atom stereocenters. The molecular formula is C34H30ClF3N10O3. The lowest BCUT2D eigenvalue weighted by Crippen LogP contribution is -2.38. The van der Waals surface area contributed by atoms with E-state index in [4.69, 9.17) is 21.4 Å². The van der Waals surface area contributed by atoms with E-state index in [-0.39, 0.29) is 23.2 Å². The molecule has 6 heterocycles. The lowest BCUT2D eigenvalue weighted by Gasteiger charge is -2.22. The molecule has 262 valence electrons. The number of fused-ring (bicyclic) bond motifs is 4. The highest BCUT2D eigenvalue weighted by atomic mass is 35.5. The number of allylic oxidation sites excluding steroid dienone is 1. The summed E-state index contributed by atoms with van der Waals surface area (Å²) < 4.78 is 48.3. The molecule has 7 rings (SSSR count). The topological polar surface area (TPSA) is 144 Å². The van der Waals surface area contributed by atoms with Gasteiger partial charge in [0.25, 0.3) is 5.56 Å². The first-order valence-electron chi connectivity index (χ1n) is 15.8. The van der Waals surface area contributed by atoms with Gasteiger partial charge in [-0.15, -0.1) is 5.53 Å². The van der Waals surface area contributed by atoms with Crippen molar-refractivity contribution in [3.8, 4) is 34.2 Å². The smallest absolute Gasteiger partial charge is 0.433 e. The van der Waals surface area contributed by atoms with Gasteiger partial charge >= 0.3 is 6.18 Å². The number of hydrogen-bond acceptors (Lipinski definition) is 10. The number of halogens is 4. The molecule has 0 saturated carbocycles. The summed E-state index contributed by atoms with van der Waals surface area (Å²) in [5.74, 6) is 0.343. The fraction of sp³-hybridized carbons (Fsp3) is 0.235. The number of amides is 1. The van der Waals surface area contributed by atoms with Crippen LogP contribution in [0.5, 0.6) is 5.88 Å². The van der Waals surface area contributed by atoms with E-state index in [1.165, 1.54) is 42.3 Å².